The molecule has 174 valence electrons. The van der Waals surface area contributed by atoms with Crippen molar-refractivity contribution in [2.75, 3.05) is 19.6 Å². The summed E-state index contributed by atoms with van der Waals surface area (Å²) in [5.41, 5.74) is -2.34. The maximum atomic E-state index is 13.5. The Morgan fingerprint density at radius 2 is 1.94 bits per heavy atom. The van der Waals surface area contributed by atoms with Crippen LogP contribution in [0.1, 0.15) is 55.4 Å². The molecule has 1 fully saturated rings. The smallest absolute Gasteiger partial charge is 0.349 e. The van der Waals surface area contributed by atoms with Crippen LogP contribution in [0.3, 0.4) is 0 Å². The Balaban J connectivity index is 1.87. The second-order valence-electron chi connectivity index (χ2n) is 9.11. The highest BCUT2D eigenvalue weighted by Crippen LogP contribution is 2.33. The number of benzene rings is 1. The molecular formula is C23H29F3N4O2. The topological polar surface area (TPSA) is 67.2 Å². The minimum absolute atomic E-state index is 0.200. The van der Waals surface area contributed by atoms with Gasteiger partial charge in [-0.3, -0.25) is 14.5 Å². The van der Waals surface area contributed by atoms with Gasteiger partial charge in [0.25, 0.3) is 5.91 Å². The van der Waals surface area contributed by atoms with Crippen molar-refractivity contribution in [3.8, 4) is 5.69 Å². The summed E-state index contributed by atoms with van der Waals surface area (Å²) in [6.07, 6.45) is -2.35. The summed E-state index contributed by atoms with van der Waals surface area (Å²) in [6, 6.07) is 6.06. The van der Waals surface area contributed by atoms with Gasteiger partial charge < -0.3 is 5.32 Å². The lowest BCUT2D eigenvalue weighted by molar-refractivity contribution is -0.137. The van der Waals surface area contributed by atoms with Crippen LogP contribution in [0.15, 0.2) is 35.1 Å². The molecule has 1 saturated heterocycles. The van der Waals surface area contributed by atoms with Crippen LogP contribution in [0.2, 0.25) is 0 Å². The van der Waals surface area contributed by atoms with Gasteiger partial charge in [-0.25, -0.2) is 4.68 Å². The van der Waals surface area contributed by atoms with E-state index >= 15 is 0 Å². The Kier molecular flexibility index (Phi) is 6.78. The highest BCUT2D eigenvalue weighted by Gasteiger charge is 2.35. The fourth-order valence-electron chi connectivity index (χ4n) is 4.08. The lowest BCUT2D eigenvalue weighted by atomic mass is 9.93. The number of hydrogen-bond donors (Lipinski definition) is 1. The SMILES string of the molecule is Cc1cc(=O)c(C(=O)NCC(C)(C)N2CCCC(C)C2)nn1-c1ccccc1C(F)(F)F. The largest absolute Gasteiger partial charge is 0.418 e. The number of amides is 1. The quantitative estimate of drug-likeness (QED) is 0.753. The molecule has 1 atom stereocenters. The van der Waals surface area contributed by atoms with Crippen LogP contribution in [0.25, 0.3) is 5.69 Å². The Morgan fingerprint density at radius 1 is 1.25 bits per heavy atom. The number of rotatable bonds is 5. The van der Waals surface area contributed by atoms with E-state index < -0.39 is 28.8 Å². The first-order valence-electron chi connectivity index (χ1n) is 10.7. The van der Waals surface area contributed by atoms with Crippen molar-refractivity contribution in [1.82, 2.24) is 20.0 Å². The van der Waals surface area contributed by atoms with E-state index in [9.17, 15) is 22.8 Å². The van der Waals surface area contributed by atoms with Gasteiger partial charge in [-0.2, -0.15) is 18.3 Å². The predicted molar refractivity (Wildman–Crippen MR) is 116 cm³/mol. The molecule has 2 aromatic rings. The highest BCUT2D eigenvalue weighted by atomic mass is 19.4. The summed E-state index contributed by atoms with van der Waals surface area (Å²) < 4.78 is 41.4. The summed E-state index contributed by atoms with van der Waals surface area (Å²) in [5.74, 6) is -0.134. The fraction of sp³-hybridized carbons (Fsp3) is 0.522. The lowest BCUT2D eigenvalue weighted by Gasteiger charge is -2.43. The molecule has 0 spiro atoms. The van der Waals surface area contributed by atoms with E-state index in [1.54, 1.807) is 0 Å². The average molecular weight is 451 g/mol. The van der Waals surface area contributed by atoms with Gasteiger partial charge in [-0.15, -0.1) is 0 Å². The molecule has 1 N–H and O–H groups in total. The van der Waals surface area contributed by atoms with Gasteiger partial charge in [0.15, 0.2) is 5.69 Å². The van der Waals surface area contributed by atoms with Crippen molar-refractivity contribution in [2.24, 2.45) is 5.92 Å². The van der Waals surface area contributed by atoms with Gasteiger partial charge in [-0.05, 0) is 58.2 Å². The van der Waals surface area contributed by atoms with Gasteiger partial charge >= 0.3 is 6.18 Å². The monoisotopic (exact) mass is 450 g/mol. The van der Waals surface area contributed by atoms with Crippen molar-refractivity contribution in [3.63, 3.8) is 0 Å². The van der Waals surface area contributed by atoms with E-state index in [1.165, 1.54) is 31.5 Å². The maximum Gasteiger partial charge on any atom is 0.418 e. The third-order valence-corrected chi connectivity index (χ3v) is 5.95. The molecule has 1 aromatic carbocycles. The van der Waals surface area contributed by atoms with E-state index in [2.05, 4.69) is 22.2 Å². The molecule has 0 aliphatic carbocycles. The van der Waals surface area contributed by atoms with Crippen LogP contribution >= 0.6 is 0 Å². The third-order valence-electron chi connectivity index (χ3n) is 5.95. The van der Waals surface area contributed by atoms with Crippen molar-refractivity contribution in [1.29, 1.82) is 0 Å². The minimum atomic E-state index is -4.61. The number of aryl methyl sites for hydroxylation is 1. The van der Waals surface area contributed by atoms with Gasteiger partial charge in [0.2, 0.25) is 5.43 Å². The Hall–Kier alpha value is -2.68. The van der Waals surface area contributed by atoms with Crippen molar-refractivity contribution < 1.29 is 18.0 Å². The molecular weight excluding hydrogens is 421 g/mol. The maximum absolute atomic E-state index is 13.5. The van der Waals surface area contributed by atoms with Gasteiger partial charge in [0, 0.05) is 30.4 Å². The molecule has 1 amide bonds. The van der Waals surface area contributed by atoms with Crippen LogP contribution in [0.4, 0.5) is 13.2 Å². The van der Waals surface area contributed by atoms with E-state index in [4.69, 9.17) is 0 Å². The molecule has 0 radical (unpaired) electrons. The number of nitrogens with zero attached hydrogens (tertiary/aromatic N) is 3. The van der Waals surface area contributed by atoms with Crippen LogP contribution in [0, 0.1) is 12.8 Å². The molecule has 0 saturated carbocycles. The number of carbonyl (C=O) groups is 1. The first-order chi connectivity index (χ1) is 14.9. The number of nitrogens with one attached hydrogen (secondary N) is 1. The first kappa shape index (κ1) is 24.0. The molecule has 3 rings (SSSR count). The molecule has 0 bridgehead atoms. The summed E-state index contributed by atoms with van der Waals surface area (Å²) >= 11 is 0. The van der Waals surface area contributed by atoms with Crippen molar-refractivity contribution in [2.45, 2.75) is 52.3 Å². The van der Waals surface area contributed by atoms with Crippen molar-refractivity contribution in [3.05, 3.63) is 57.5 Å². The second-order valence-corrected chi connectivity index (χ2v) is 9.11. The summed E-state index contributed by atoms with van der Waals surface area (Å²) in [5, 5.41) is 6.78. The number of carbonyl (C=O) groups excluding carboxylic acids is 1. The predicted octanol–water partition coefficient (Wildman–Crippen LogP) is 3.80. The fourth-order valence-corrected chi connectivity index (χ4v) is 4.08. The second kappa shape index (κ2) is 9.05. The Labute approximate surface area is 185 Å². The van der Waals surface area contributed by atoms with Gasteiger partial charge in [0.1, 0.15) is 0 Å². The normalized spacial score (nSPS) is 17.9. The Bertz CT molecular complexity index is 1050. The summed E-state index contributed by atoms with van der Waals surface area (Å²) in [4.78, 5) is 27.6. The van der Waals surface area contributed by atoms with Gasteiger partial charge in [-0.1, -0.05) is 19.1 Å². The van der Waals surface area contributed by atoms with E-state index in [-0.39, 0.29) is 23.5 Å². The lowest BCUT2D eigenvalue weighted by Crippen LogP contribution is -2.55. The Morgan fingerprint density at radius 3 is 2.59 bits per heavy atom. The number of para-hydroxylation sites is 1. The first-order valence-corrected chi connectivity index (χ1v) is 10.7. The standard InChI is InChI=1S/C23H29F3N4O2/c1-15-8-7-11-29(13-15)22(3,4)14-27-21(32)20-19(31)12-16(2)30(28-20)18-10-6-5-9-17(18)23(24,25)26/h5-6,9-10,12,15H,7-8,11,13-14H2,1-4H3,(H,27,32). The number of hydrogen-bond acceptors (Lipinski definition) is 4. The van der Waals surface area contributed by atoms with E-state index in [0.717, 1.165) is 36.3 Å². The molecule has 1 aliphatic rings. The zero-order valence-corrected chi connectivity index (χ0v) is 18.8. The van der Waals surface area contributed by atoms with Crippen LogP contribution in [-0.4, -0.2) is 45.8 Å². The van der Waals surface area contributed by atoms with E-state index in [0.29, 0.717) is 5.92 Å². The molecule has 1 aliphatic heterocycles. The third kappa shape index (κ3) is 5.20. The number of likely N-dealkylation sites (tertiary alicyclic amines) is 1. The minimum Gasteiger partial charge on any atom is -0.349 e. The number of alkyl halides is 3. The average Bonchev–Trinajstić information content (AvgIpc) is 2.71. The summed E-state index contributed by atoms with van der Waals surface area (Å²) in [6.45, 7) is 9.84. The zero-order chi connectivity index (χ0) is 23.7. The molecule has 1 aromatic heterocycles. The van der Waals surface area contributed by atoms with E-state index in [1.807, 2.05) is 13.8 Å². The molecule has 1 unspecified atom stereocenters. The number of halogens is 3. The molecule has 32 heavy (non-hydrogen) atoms. The van der Waals surface area contributed by atoms with Crippen LogP contribution < -0.4 is 10.7 Å². The highest BCUT2D eigenvalue weighted by molar-refractivity contribution is 5.92. The zero-order valence-electron chi connectivity index (χ0n) is 18.8. The van der Waals surface area contributed by atoms with Gasteiger partial charge in [0.05, 0.1) is 11.3 Å². The molecule has 6 nitrogen and oxygen atoms in total. The molecule has 9 heteroatoms. The van der Waals surface area contributed by atoms with Crippen LogP contribution in [-0.2, 0) is 6.18 Å². The number of aromatic nitrogens is 2. The summed E-state index contributed by atoms with van der Waals surface area (Å²) in [7, 11) is 0. The number of piperidine rings is 1. The molecule has 2 heterocycles. The van der Waals surface area contributed by atoms with Crippen LogP contribution in [0.5, 0.6) is 0 Å². The van der Waals surface area contributed by atoms with Crippen molar-refractivity contribution >= 4 is 5.91 Å².